The van der Waals surface area contributed by atoms with Gasteiger partial charge in [0.05, 0.1) is 11.8 Å². The summed E-state index contributed by atoms with van der Waals surface area (Å²) in [6.07, 6.45) is 4.87. The van der Waals surface area contributed by atoms with Crippen LogP contribution >= 0.6 is 0 Å². The summed E-state index contributed by atoms with van der Waals surface area (Å²) in [4.78, 5) is 25.6. The lowest BCUT2D eigenvalue weighted by molar-refractivity contribution is -0.148. The lowest BCUT2D eigenvalue weighted by Gasteiger charge is -2.25. The van der Waals surface area contributed by atoms with Gasteiger partial charge in [0.15, 0.2) is 0 Å². The second-order valence-corrected chi connectivity index (χ2v) is 5.37. The smallest absolute Gasteiger partial charge is 0.307 e. The minimum absolute atomic E-state index is 0.00917. The van der Waals surface area contributed by atoms with Crippen LogP contribution in [-0.2, 0) is 9.59 Å². The quantitative estimate of drug-likeness (QED) is 0.721. The van der Waals surface area contributed by atoms with E-state index in [0.29, 0.717) is 31.8 Å². The van der Waals surface area contributed by atoms with E-state index >= 15 is 0 Å². The molecule has 108 valence electrons. The van der Waals surface area contributed by atoms with Gasteiger partial charge in [-0.2, -0.15) is 0 Å². The molecule has 1 rings (SSSR count). The Morgan fingerprint density at radius 3 is 2.42 bits per heavy atom. The number of hydrogen-bond acceptors (Lipinski definition) is 2. The summed E-state index contributed by atoms with van der Waals surface area (Å²) in [5.74, 6) is -1.34. The van der Waals surface area contributed by atoms with E-state index in [-0.39, 0.29) is 11.8 Å². The van der Waals surface area contributed by atoms with Crippen molar-refractivity contribution >= 4 is 11.9 Å². The van der Waals surface area contributed by atoms with Gasteiger partial charge in [0.1, 0.15) is 0 Å². The number of nitrogens with zero attached hydrogens (tertiary/aromatic N) is 1. The summed E-state index contributed by atoms with van der Waals surface area (Å²) >= 11 is 0. The van der Waals surface area contributed by atoms with Crippen molar-refractivity contribution in [2.24, 2.45) is 17.8 Å². The molecule has 1 aliphatic carbocycles. The Morgan fingerprint density at radius 2 is 1.95 bits per heavy atom. The summed E-state index contributed by atoms with van der Waals surface area (Å²) in [5, 5.41) is 9.30. The molecule has 0 heterocycles. The molecule has 0 bridgehead atoms. The zero-order chi connectivity index (χ0) is 14.4. The predicted octanol–water partition coefficient (Wildman–Crippen LogP) is 2.55. The molecule has 19 heavy (non-hydrogen) atoms. The maximum absolute atomic E-state index is 12.5. The molecule has 3 atom stereocenters. The largest absolute Gasteiger partial charge is 0.481 e. The van der Waals surface area contributed by atoms with E-state index in [4.69, 9.17) is 0 Å². The van der Waals surface area contributed by atoms with Crippen molar-refractivity contribution in [1.82, 2.24) is 4.90 Å². The van der Waals surface area contributed by atoms with Crippen molar-refractivity contribution in [3.05, 3.63) is 12.7 Å². The Bertz CT molecular complexity index is 340. The summed E-state index contributed by atoms with van der Waals surface area (Å²) in [6.45, 7) is 8.92. The highest BCUT2D eigenvalue weighted by molar-refractivity contribution is 5.85. The first kappa shape index (κ1) is 15.7. The first-order valence-electron chi connectivity index (χ1n) is 7.17. The second-order valence-electron chi connectivity index (χ2n) is 5.37. The molecule has 0 saturated heterocycles. The summed E-state index contributed by atoms with van der Waals surface area (Å²) in [6, 6.07) is 0. The monoisotopic (exact) mass is 267 g/mol. The molecule has 4 heteroatoms. The van der Waals surface area contributed by atoms with Gasteiger partial charge in [0.2, 0.25) is 5.91 Å². The molecule has 0 aliphatic heterocycles. The standard InChI is InChI=1S/C15H25NO3/c1-4-7-16(8-5-2)14(17)12-9-11(6-3)10-13(12)15(18)19/h4,11-13H,1,5-10H2,2-3H3,(H,18,19). The number of carboxylic acid groups (broad SMARTS) is 1. The lowest BCUT2D eigenvalue weighted by atomic mass is 9.94. The number of hydrogen-bond donors (Lipinski definition) is 1. The SMILES string of the molecule is C=CCN(CCC)C(=O)C1CC(CC)CC1C(=O)O. The van der Waals surface area contributed by atoms with Crippen molar-refractivity contribution in [3.63, 3.8) is 0 Å². The Labute approximate surface area is 115 Å². The van der Waals surface area contributed by atoms with E-state index in [0.717, 1.165) is 12.8 Å². The number of aliphatic carboxylic acids is 1. The van der Waals surface area contributed by atoms with Gasteiger partial charge >= 0.3 is 5.97 Å². The molecule has 1 N–H and O–H groups in total. The van der Waals surface area contributed by atoms with Crippen LogP contribution in [0, 0.1) is 17.8 Å². The molecule has 0 aromatic carbocycles. The zero-order valence-electron chi connectivity index (χ0n) is 12.0. The first-order chi connectivity index (χ1) is 9.04. The Balaban J connectivity index is 2.81. The highest BCUT2D eigenvalue weighted by Crippen LogP contribution is 2.39. The summed E-state index contributed by atoms with van der Waals surface area (Å²) in [5.41, 5.74) is 0. The molecule has 3 unspecified atom stereocenters. The van der Waals surface area contributed by atoms with Crippen LogP contribution in [0.1, 0.15) is 39.5 Å². The van der Waals surface area contributed by atoms with Gasteiger partial charge in [-0.25, -0.2) is 0 Å². The zero-order valence-corrected chi connectivity index (χ0v) is 12.0. The third kappa shape index (κ3) is 3.82. The number of amides is 1. The van der Waals surface area contributed by atoms with Gasteiger partial charge in [-0.15, -0.1) is 6.58 Å². The average molecular weight is 267 g/mol. The van der Waals surface area contributed by atoms with E-state index in [1.807, 2.05) is 6.92 Å². The van der Waals surface area contributed by atoms with Crippen LogP contribution in [0.25, 0.3) is 0 Å². The van der Waals surface area contributed by atoms with Gasteiger partial charge in [-0.05, 0) is 25.2 Å². The molecule has 0 spiro atoms. The maximum Gasteiger partial charge on any atom is 0.307 e. The van der Waals surface area contributed by atoms with Crippen LogP contribution < -0.4 is 0 Å². The third-order valence-corrected chi connectivity index (χ3v) is 4.03. The molecule has 0 radical (unpaired) electrons. The fraction of sp³-hybridized carbons (Fsp3) is 0.733. The molecule has 0 aromatic heterocycles. The molecule has 1 amide bonds. The van der Waals surface area contributed by atoms with Crippen molar-refractivity contribution in [2.75, 3.05) is 13.1 Å². The topological polar surface area (TPSA) is 57.6 Å². The minimum Gasteiger partial charge on any atom is -0.481 e. The van der Waals surface area contributed by atoms with Crippen LogP contribution in [0.4, 0.5) is 0 Å². The molecular formula is C15H25NO3. The Morgan fingerprint density at radius 1 is 1.32 bits per heavy atom. The van der Waals surface area contributed by atoms with Crippen molar-refractivity contribution < 1.29 is 14.7 Å². The Kier molecular flexibility index (Phi) is 6.06. The average Bonchev–Trinajstić information content (AvgIpc) is 2.82. The van der Waals surface area contributed by atoms with Crippen LogP contribution in [0.5, 0.6) is 0 Å². The van der Waals surface area contributed by atoms with Crippen molar-refractivity contribution in [3.8, 4) is 0 Å². The molecule has 0 aromatic rings. The molecule has 1 saturated carbocycles. The molecular weight excluding hydrogens is 242 g/mol. The van der Waals surface area contributed by atoms with Crippen LogP contribution in [0.2, 0.25) is 0 Å². The van der Waals surface area contributed by atoms with E-state index in [9.17, 15) is 14.7 Å². The fourth-order valence-electron chi connectivity index (χ4n) is 2.97. The van der Waals surface area contributed by atoms with E-state index in [1.165, 1.54) is 0 Å². The number of carbonyl (C=O) groups is 2. The highest BCUT2D eigenvalue weighted by Gasteiger charge is 2.43. The highest BCUT2D eigenvalue weighted by atomic mass is 16.4. The molecule has 1 aliphatic rings. The number of carbonyl (C=O) groups excluding carboxylic acids is 1. The normalized spacial score (nSPS) is 26.1. The lowest BCUT2D eigenvalue weighted by Crippen LogP contribution is -2.39. The maximum atomic E-state index is 12.5. The fourth-order valence-corrected chi connectivity index (χ4v) is 2.97. The van der Waals surface area contributed by atoms with Gasteiger partial charge in [-0.1, -0.05) is 26.3 Å². The third-order valence-electron chi connectivity index (χ3n) is 4.03. The van der Waals surface area contributed by atoms with Crippen LogP contribution in [0.15, 0.2) is 12.7 Å². The van der Waals surface area contributed by atoms with Crippen molar-refractivity contribution in [1.29, 1.82) is 0 Å². The molecule has 1 fully saturated rings. The second kappa shape index (κ2) is 7.31. The Hall–Kier alpha value is -1.32. The summed E-state index contributed by atoms with van der Waals surface area (Å²) < 4.78 is 0. The van der Waals surface area contributed by atoms with Crippen molar-refractivity contribution in [2.45, 2.75) is 39.5 Å². The van der Waals surface area contributed by atoms with Gasteiger partial charge in [-0.3, -0.25) is 9.59 Å². The van der Waals surface area contributed by atoms with Gasteiger partial charge in [0, 0.05) is 13.1 Å². The molecule has 4 nitrogen and oxygen atoms in total. The van der Waals surface area contributed by atoms with Gasteiger partial charge in [0.25, 0.3) is 0 Å². The van der Waals surface area contributed by atoms with E-state index < -0.39 is 11.9 Å². The first-order valence-corrected chi connectivity index (χ1v) is 7.17. The van der Waals surface area contributed by atoms with Crippen LogP contribution in [0.3, 0.4) is 0 Å². The predicted molar refractivity (Wildman–Crippen MR) is 74.7 cm³/mol. The number of rotatable bonds is 7. The van der Waals surface area contributed by atoms with E-state index in [2.05, 4.69) is 13.5 Å². The summed E-state index contributed by atoms with van der Waals surface area (Å²) in [7, 11) is 0. The van der Waals surface area contributed by atoms with E-state index in [1.54, 1.807) is 11.0 Å². The minimum atomic E-state index is -0.829. The van der Waals surface area contributed by atoms with Gasteiger partial charge < -0.3 is 10.0 Å². The van der Waals surface area contributed by atoms with Crippen LogP contribution in [-0.4, -0.2) is 35.0 Å². The number of carboxylic acids is 1.